The van der Waals surface area contributed by atoms with Crippen LogP contribution in [0.5, 0.6) is 0 Å². The summed E-state index contributed by atoms with van der Waals surface area (Å²) in [6.45, 7) is 6.18. The normalized spacial score (nSPS) is 14.2. The largest absolute Gasteiger partial charge is 0.300 e. The number of aryl methyl sites for hydroxylation is 1. The first-order valence-corrected chi connectivity index (χ1v) is 7.26. The highest BCUT2D eigenvalue weighted by Gasteiger charge is 2.28. The molecule has 0 saturated heterocycles. The van der Waals surface area contributed by atoms with E-state index in [-0.39, 0.29) is 7.43 Å². The topological polar surface area (TPSA) is 34.9 Å². The molecule has 3 rings (SSSR count). The van der Waals surface area contributed by atoms with Gasteiger partial charge in [0.15, 0.2) is 0 Å². The SMILES string of the molecule is C.CC.CCCc1ccc2cn(C3CC(=O)C3)nc2c1. The standard InChI is InChI=1S/C14H16N2O.C2H6.CH4/c1-2-3-10-4-5-11-9-16(15-14(11)6-10)12-7-13(17)8-12;1-2;/h4-6,9,12H,2-3,7-8H2,1H3;1-2H3;1H4. The average molecular weight is 274 g/mol. The number of Topliss-reactive ketones (excluding diaryl/α,β-unsaturated/α-hetero) is 1. The number of aromatic nitrogens is 2. The van der Waals surface area contributed by atoms with Crippen molar-refractivity contribution in [2.24, 2.45) is 0 Å². The number of ketones is 1. The molecule has 1 aliphatic rings. The molecule has 0 radical (unpaired) electrons. The number of benzene rings is 1. The summed E-state index contributed by atoms with van der Waals surface area (Å²) in [5, 5.41) is 5.75. The summed E-state index contributed by atoms with van der Waals surface area (Å²) in [6.07, 6.45) is 5.61. The first-order chi connectivity index (χ1) is 9.26. The van der Waals surface area contributed by atoms with E-state index < -0.39 is 0 Å². The lowest BCUT2D eigenvalue weighted by Gasteiger charge is -2.23. The molecular formula is C17H26N2O. The number of rotatable bonds is 3. The van der Waals surface area contributed by atoms with Crippen molar-refractivity contribution in [3.8, 4) is 0 Å². The van der Waals surface area contributed by atoms with Crippen LogP contribution in [0.3, 0.4) is 0 Å². The Labute approximate surface area is 122 Å². The van der Waals surface area contributed by atoms with Crippen molar-refractivity contribution in [2.45, 2.75) is 59.9 Å². The van der Waals surface area contributed by atoms with Crippen molar-refractivity contribution in [3.63, 3.8) is 0 Å². The van der Waals surface area contributed by atoms with E-state index in [9.17, 15) is 4.79 Å². The summed E-state index contributed by atoms with van der Waals surface area (Å²) in [4.78, 5) is 11.0. The minimum absolute atomic E-state index is 0. The van der Waals surface area contributed by atoms with Gasteiger partial charge in [0.1, 0.15) is 5.78 Å². The van der Waals surface area contributed by atoms with E-state index >= 15 is 0 Å². The second-order valence-corrected chi connectivity index (χ2v) is 4.85. The van der Waals surface area contributed by atoms with E-state index in [1.165, 1.54) is 10.9 Å². The van der Waals surface area contributed by atoms with Gasteiger partial charge in [-0.25, -0.2) is 0 Å². The molecule has 1 fully saturated rings. The predicted molar refractivity (Wildman–Crippen MR) is 85.1 cm³/mol. The van der Waals surface area contributed by atoms with Crippen LogP contribution in [0.25, 0.3) is 10.9 Å². The highest BCUT2D eigenvalue weighted by atomic mass is 16.1. The summed E-state index contributed by atoms with van der Waals surface area (Å²) in [5.41, 5.74) is 2.39. The fourth-order valence-electron chi connectivity index (χ4n) is 2.36. The van der Waals surface area contributed by atoms with E-state index in [0.29, 0.717) is 24.7 Å². The average Bonchev–Trinajstić information content (AvgIpc) is 2.80. The molecule has 0 N–H and O–H groups in total. The smallest absolute Gasteiger partial charge is 0.137 e. The lowest BCUT2D eigenvalue weighted by atomic mass is 9.92. The maximum Gasteiger partial charge on any atom is 0.137 e. The van der Waals surface area contributed by atoms with Crippen molar-refractivity contribution in [1.29, 1.82) is 0 Å². The van der Waals surface area contributed by atoms with Crippen molar-refractivity contribution in [1.82, 2.24) is 9.78 Å². The number of nitrogens with zero attached hydrogens (tertiary/aromatic N) is 2. The Kier molecular flexibility index (Phi) is 5.93. The van der Waals surface area contributed by atoms with Gasteiger partial charge in [0.25, 0.3) is 0 Å². The highest BCUT2D eigenvalue weighted by Crippen LogP contribution is 2.29. The molecule has 0 amide bonds. The fraction of sp³-hybridized carbons (Fsp3) is 0.529. The first kappa shape index (κ1) is 16.4. The van der Waals surface area contributed by atoms with Gasteiger partial charge < -0.3 is 0 Å². The van der Waals surface area contributed by atoms with Crippen molar-refractivity contribution >= 4 is 16.7 Å². The molecule has 1 aliphatic carbocycles. The van der Waals surface area contributed by atoms with Crippen molar-refractivity contribution in [3.05, 3.63) is 30.0 Å². The third kappa shape index (κ3) is 3.27. The van der Waals surface area contributed by atoms with E-state index in [0.717, 1.165) is 18.4 Å². The van der Waals surface area contributed by atoms with Crippen LogP contribution in [0, 0.1) is 0 Å². The lowest BCUT2D eigenvalue weighted by molar-refractivity contribution is -0.126. The van der Waals surface area contributed by atoms with Crippen molar-refractivity contribution in [2.75, 3.05) is 0 Å². The van der Waals surface area contributed by atoms with E-state index in [1.807, 2.05) is 18.5 Å². The summed E-state index contributed by atoms with van der Waals surface area (Å²) in [5.74, 6) is 0.348. The zero-order chi connectivity index (χ0) is 13.8. The van der Waals surface area contributed by atoms with Crippen LogP contribution < -0.4 is 0 Å². The molecule has 0 spiro atoms. The predicted octanol–water partition coefficient (Wildman–Crippen LogP) is 4.56. The third-order valence-electron chi connectivity index (χ3n) is 3.43. The Balaban J connectivity index is 0.000000639. The van der Waals surface area contributed by atoms with Crippen molar-refractivity contribution < 1.29 is 4.79 Å². The van der Waals surface area contributed by atoms with Gasteiger partial charge in [-0.1, -0.05) is 46.8 Å². The molecular weight excluding hydrogens is 248 g/mol. The molecule has 20 heavy (non-hydrogen) atoms. The quantitative estimate of drug-likeness (QED) is 0.822. The third-order valence-corrected chi connectivity index (χ3v) is 3.43. The summed E-state index contributed by atoms with van der Waals surface area (Å²) >= 11 is 0. The Morgan fingerprint density at radius 1 is 1.30 bits per heavy atom. The van der Waals surface area contributed by atoms with Gasteiger partial charge in [-0.15, -0.1) is 0 Å². The zero-order valence-electron chi connectivity index (χ0n) is 12.0. The number of carbonyl (C=O) groups is 1. The molecule has 110 valence electrons. The summed E-state index contributed by atoms with van der Waals surface area (Å²) < 4.78 is 1.96. The summed E-state index contributed by atoms with van der Waals surface area (Å²) in [6, 6.07) is 6.76. The molecule has 0 aliphatic heterocycles. The molecule has 2 aromatic rings. The monoisotopic (exact) mass is 274 g/mol. The number of hydrogen-bond donors (Lipinski definition) is 0. The Morgan fingerprint density at radius 3 is 2.60 bits per heavy atom. The van der Waals surface area contributed by atoms with Crippen LogP contribution in [0.15, 0.2) is 24.4 Å². The van der Waals surface area contributed by atoms with E-state index in [4.69, 9.17) is 0 Å². The van der Waals surface area contributed by atoms with Gasteiger partial charge in [0, 0.05) is 24.4 Å². The van der Waals surface area contributed by atoms with Crippen LogP contribution >= 0.6 is 0 Å². The molecule has 3 nitrogen and oxygen atoms in total. The van der Waals surface area contributed by atoms with Crippen LogP contribution in [0.2, 0.25) is 0 Å². The highest BCUT2D eigenvalue weighted by molar-refractivity contribution is 5.85. The number of carbonyl (C=O) groups excluding carboxylic acids is 1. The molecule has 3 heteroatoms. The van der Waals surface area contributed by atoms with Crippen LogP contribution in [-0.2, 0) is 11.2 Å². The molecule has 1 aromatic heterocycles. The van der Waals surface area contributed by atoms with Crippen LogP contribution in [-0.4, -0.2) is 15.6 Å². The molecule has 0 unspecified atom stereocenters. The zero-order valence-corrected chi connectivity index (χ0v) is 12.0. The van der Waals surface area contributed by atoms with Gasteiger partial charge in [-0.2, -0.15) is 5.10 Å². The number of fused-ring (bicyclic) bond motifs is 1. The molecule has 1 heterocycles. The molecule has 1 saturated carbocycles. The second-order valence-electron chi connectivity index (χ2n) is 4.85. The lowest BCUT2D eigenvalue weighted by Crippen LogP contribution is -2.26. The fourth-order valence-corrected chi connectivity index (χ4v) is 2.36. The van der Waals surface area contributed by atoms with Gasteiger partial charge >= 0.3 is 0 Å². The molecule has 0 bridgehead atoms. The molecule has 0 atom stereocenters. The molecule has 1 aromatic carbocycles. The van der Waals surface area contributed by atoms with Gasteiger partial charge in [-0.3, -0.25) is 9.48 Å². The van der Waals surface area contributed by atoms with Gasteiger partial charge in [0.05, 0.1) is 11.6 Å². The Bertz CT molecular complexity index is 563. The van der Waals surface area contributed by atoms with Gasteiger partial charge in [0.2, 0.25) is 0 Å². The van der Waals surface area contributed by atoms with Gasteiger partial charge in [-0.05, 0) is 18.1 Å². The van der Waals surface area contributed by atoms with Crippen LogP contribution in [0.1, 0.15) is 59.1 Å². The van der Waals surface area contributed by atoms with Crippen LogP contribution in [0.4, 0.5) is 0 Å². The first-order valence-electron chi connectivity index (χ1n) is 7.26. The summed E-state index contributed by atoms with van der Waals surface area (Å²) in [7, 11) is 0. The van der Waals surface area contributed by atoms with E-state index in [1.54, 1.807) is 0 Å². The minimum atomic E-state index is 0. The Morgan fingerprint density at radius 2 is 2.00 bits per heavy atom. The maximum absolute atomic E-state index is 11.0. The Hall–Kier alpha value is -1.64. The number of hydrogen-bond acceptors (Lipinski definition) is 2. The maximum atomic E-state index is 11.0. The minimum Gasteiger partial charge on any atom is -0.300 e. The second kappa shape index (κ2) is 7.22. The van der Waals surface area contributed by atoms with E-state index in [2.05, 4.69) is 36.4 Å².